The van der Waals surface area contributed by atoms with Crippen molar-refractivity contribution in [1.29, 1.82) is 5.26 Å². The van der Waals surface area contributed by atoms with Gasteiger partial charge >= 0.3 is 0 Å². The summed E-state index contributed by atoms with van der Waals surface area (Å²) in [7, 11) is 0. The molecule has 32 heavy (non-hydrogen) atoms. The number of nitrogens with one attached hydrogen (secondary N) is 1. The second kappa shape index (κ2) is 7.89. The van der Waals surface area contributed by atoms with Gasteiger partial charge < -0.3 is 5.11 Å². The average molecular weight is 424 g/mol. The van der Waals surface area contributed by atoms with Crippen LogP contribution in [-0.2, 0) is 23.1 Å². The monoisotopic (exact) mass is 423 g/mol. The van der Waals surface area contributed by atoms with Crippen molar-refractivity contribution in [2.75, 3.05) is 6.61 Å². The molecule has 0 aliphatic heterocycles. The molecule has 0 amide bonds. The molecule has 0 radical (unpaired) electrons. The highest BCUT2D eigenvalue weighted by Gasteiger charge is 2.53. The Labute approximate surface area is 187 Å². The van der Waals surface area contributed by atoms with Gasteiger partial charge in [-0.05, 0) is 48.4 Å². The van der Waals surface area contributed by atoms with Crippen LogP contribution in [0.4, 0.5) is 0 Å². The van der Waals surface area contributed by atoms with Crippen LogP contribution in [-0.4, -0.2) is 27.7 Å². The van der Waals surface area contributed by atoms with Gasteiger partial charge in [0.2, 0.25) is 0 Å². The molecule has 0 saturated heterocycles. The normalized spacial score (nSPS) is 24.3. The van der Waals surface area contributed by atoms with Gasteiger partial charge in [-0.25, -0.2) is 0 Å². The van der Waals surface area contributed by atoms with E-state index in [4.69, 9.17) is 5.10 Å². The van der Waals surface area contributed by atoms with Crippen molar-refractivity contribution in [3.8, 4) is 17.3 Å². The molecule has 0 saturated carbocycles. The van der Waals surface area contributed by atoms with E-state index >= 15 is 0 Å². The van der Waals surface area contributed by atoms with Gasteiger partial charge in [0.05, 0.1) is 22.4 Å². The lowest BCUT2D eigenvalue weighted by atomic mass is 9.54. The number of H-pyrrole nitrogens is 1. The molecule has 3 atom stereocenters. The summed E-state index contributed by atoms with van der Waals surface area (Å²) < 4.78 is 0. The van der Waals surface area contributed by atoms with Crippen molar-refractivity contribution in [1.82, 2.24) is 10.2 Å². The van der Waals surface area contributed by atoms with E-state index in [9.17, 15) is 15.2 Å². The average Bonchev–Trinajstić information content (AvgIpc) is 3.27. The van der Waals surface area contributed by atoms with Crippen LogP contribution >= 0.6 is 0 Å². The molecule has 2 N–H and O–H groups in total. The van der Waals surface area contributed by atoms with E-state index in [1.165, 1.54) is 0 Å². The number of aromatic amines is 1. The number of hydrogen-bond acceptors (Lipinski definition) is 4. The van der Waals surface area contributed by atoms with Gasteiger partial charge in [0.15, 0.2) is 5.78 Å². The van der Waals surface area contributed by atoms with Crippen molar-refractivity contribution in [3.05, 3.63) is 88.6 Å². The van der Waals surface area contributed by atoms with E-state index in [1.807, 2.05) is 43.3 Å². The Kier molecular flexibility index (Phi) is 5.03. The summed E-state index contributed by atoms with van der Waals surface area (Å²) in [5.74, 6) is -0.283. The van der Waals surface area contributed by atoms with Crippen molar-refractivity contribution in [2.45, 2.75) is 31.6 Å². The number of nitrogens with zero attached hydrogens (tertiary/aromatic N) is 2. The Morgan fingerprint density at radius 1 is 1.22 bits per heavy atom. The van der Waals surface area contributed by atoms with E-state index in [0.717, 1.165) is 46.5 Å². The zero-order valence-electron chi connectivity index (χ0n) is 18.0. The molecule has 2 aliphatic rings. The van der Waals surface area contributed by atoms with E-state index in [2.05, 4.69) is 35.4 Å². The van der Waals surface area contributed by atoms with Crippen LogP contribution in [0.2, 0.25) is 0 Å². The number of fused-ring (bicyclic) bond motifs is 3. The topological polar surface area (TPSA) is 89.8 Å². The number of aliphatic hydroxyl groups excluding tert-OH is 1. The summed E-state index contributed by atoms with van der Waals surface area (Å²) >= 11 is 0. The number of aliphatic hydroxyl groups is 1. The molecule has 5 heteroatoms. The maximum absolute atomic E-state index is 12.9. The molecule has 1 aromatic heterocycles. The summed E-state index contributed by atoms with van der Waals surface area (Å²) in [6.45, 7) is 2.06. The minimum Gasteiger partial charge on any atom is -0.396 e. The van der Waals surface area contributed by atoms with E-state index in [-0.39, 0.29) is 29.8 Å². The fourth-order valence-electron chi connectivity index (χ4n) is 5.69. The van der Waals surface area contributed by atoms with Gasteiger partial charge in [-0.3, -0.25) is 9.89 Å². The van der Waals surface area contributed by atoms with Gasteiger partial charge in [0, 0.05) is 23.7 Å². The third-order valence-corrected chi connectivity index (χ3v) is 7.19. The fourth-order valence-corrected chi connectivity index (χ4v) is 5.69. The molecule has 3 aromatic rings. The first kappa shape index (κ1) is 20.4. The van der Waals surface area contributed by atoms with Crippen LogP contribution in [0.1, 0.15) is 35.7 Å². The number of aromatic nitrogens is 2. The highest BCUT2D eigenvalue weighted by molar-refractivity contribution is 6.02. The Balaban J connectivity index is 1.75. The molecule has 0 spiro atoms. The molecule has 2 aromatic carbocycles. The van der Waals surface area contributed by atoms with Gasteiger partial charge in [0.1, 0.15) is 6.07 Å². The number of allylic oxidation sites excluding steroid dienone is 2. The molecule has 0 bridgehead atoms. The quantitative estimate of drug-likeness (QED) is 0.660. The molecule has 1 heterocycles. The molecule has 0 unspecified atom stereocenters. The van der Waals surface area contributed by atoms with Crippen LogP contribution in [0, 0.1) is 23.2 Å². The first-order valence-corrected chi connectivity index (χ1v) is 11.1. The second-order valence-electron chi connectivity index (χ2n) is 8.80. The van der Waals surface area contributed by atoms with E-state index < -0.39 is 5.41 Å². The van der Waals surface area contributed by atoms with Crippen LogP contribution in [0.15, 0.2) is 66.2 Å². The Morgan fingerprint density at radius 2 is 2.03 bits per heavy atom. The predicted octanol–water partition coefficient (Wildman–Crippen LogP) is 4.13. The Bertz CT molecular complexity index is 1250. The summed E-state index contributed by atoms with van der Waals surface area (Å²) in [4.78, 5) is 12.9. The third kappa shape index (κ3) is 2.95. The number of Topliss-reactive ketones (excluding diaryl/α,β-unsaturated/α-hetero) is 1. The Hall–Kier alpha value is -3.49. The highest BCUT2D eigenvalue weighted by atomic mass is 16.3. The number of carbonyl (C=O) groups is 1. The smallest absolute Gasteiger partial charge is 0.176 e. The second-order valence-corrected chi connectivity index (χ2v) is 8.80. The minimum absolute atomic E-state index is 0.0406. The van der Waals surface area contributed by atoms with Crippen LogP contribution in [0.3, 0.4) is 0 Å². The molecule has 2 aliphatic carbocycles. The van der Waals surface area contributed by atoms with Crippen LogP contribution < -0.4 is 0 Å². The van der Waals surface area contributed by atoms with Gasteiger partial charge in [-0.2, -0.15) is 10.4 Å². The number of hydrogen-bond donors (Lipinski definition) is 2. The maximum atomic E-state index is 12.9. The predicted molar refractivity (Wildman–Crippen MR) is 122 cm³/mol. The maximum Gasteiger partial charge on any atom is 0.176 e. The molecular formula is C27H25N3O2. The van der Waals surface area contributed by atoms with Crippen molar-refractivity contribution < 1.29 is 9.90 Å². The third-order valence-electron chi connectivity index (χ3n) is 7.19. The first-order chi connectivity index (χ1) is 15.6. The standard InChI is InChI=1S/C27H25N3O2/c1-17-23-11-10-22-24(19-7-5-6-18(14-19)12-13-31)29-30-26(22)27(23,15-20(16-28)25(17)32)21-8-3-2-4-9-21/h2-9,14-15,17,23,31H,10-13H2,1H3,(H,29,30)/t17-,23-,27+/m0/s1. The van der Waals surface area contributed by atoms with E-state index in [1.54, 1.807) is 0 Å². The summed E-state index contributed by atoms with van der Waals surface area (Å²) in [5, 5.41) is 27.2. The summed E-state index contributed by atoms with van der Waals surface area (Å²) in [6.07, 6.45) is 4.14. The Morgan fingerprint density at radius 3 is 2.78 bits per heavy atom. The van der Waals surface area contributed by atoms with E-state index in [0.29, 0.717) is 6.42 Å². The summed E-state index contributed by atoms with van der Waals surface area (Å²) in [6, 6.07) is 20.5. The number of ketones is 1. The molecule has 5 nitrogen and oxygen atoms in total. The SMILES string of the molecule is C[C@@H]1C(=O)C(C#N)=C[C@]2(c3ccccc3)c3n[nH]c(-c4cccc(CCO)c4)c3CC[C@@H]12. The largest absolute Gasteiger partial charge is 0.396 e. The van der Waals surface area contributed by atoms with Crippen molar-refractivity contribution >= 4 is 5.78 Å². The highest BCUT2D eigenvalue weighted by Crippen LogP contribution is 2.54. The van der Waals surface area contributed by atoms with Gasteiger partial charge in [0.25, 0.3) is 0 Å². The van der Waals surface area contributed by atoms with Crippen LogP contribution in [0.25, 0.3) is 11.3 Å². The van der Waals surface area contributed by atoms with Crippen molar-refractivity contribution in [2.24, 2.45) is 11.8 Å². The number of rotatable bonds is 4. The molecular weight excluding hydrogens is 398 g/mol. The zero-order valence-corrected chi connectivity index (χ0v) is 18.0. The lowest BCUT2D eigenvalue weighted by Crippen LogP contribution is -2.48. The lowest BCUT2D eigenvalue weighted by Gasteiger charge is -2.47. The first-order valence-electron chi connectivity index (χ1n) is 11.1. The number of nitriles is 1. The molecule has 160 valence electrons. The number of carbonyl (C=O) groups excluding carboxylic acids is 1. The zero-order chi connectivity index (χ0) is 22.3. The van der Waals surface area contributed by atoms with Gasteiger partial charge in [-0.1, -0.05) is 55.5 Å². The molecule has 0 fully saturated rings. The van der Waals surface area contributed by atoms with Crippen LogP contribution in [0.5, 0.6) is 0 Å². The molecule has 5 rings (SSSR count). The number of benzene rings is 2. The summed E-state index contributed by atoms with van der Waals surface area (Å²) in [5.41, 5.74) is 5.80. The van der Waals surface area contributed by atoms with Crippen molar-refractivity contribution in [3.63, 3.8) is 0 Å². The lowest BCUT2D eigenvalue weighted by molar-refractivity contribution is -0.121. The minimum atomic E-state index is -0.620. The fraction of sp³-hybridized carbons (Fsp3) is 0.296. The van der Waals surface area contributed by atoms with Gasteiger partial charge in [-0.15, -0.1) is 0 Å².